The lowest BCUT2D eigenvalue weighted by atomic mass is 10.1. The lowest BCUT2D eigenvalue weighted by molar-refractivity contribution is -0.118. The Hall–Kier alpha value is -2.38. The van der Waals surface area contributed by atoms with Gasteiger partial charge in [-0.15, -0.1) is 14.5 Å². The van der Waals surface area contributed by atoms with E-state index in [-0.39, 0.29) is 17.1 Å². The zero-order valence-corrected chi connectivity index (χ0v) is 15.5. The summed E-state index contributed by atoms with van der Waals surface area (Å²) in [5, 5.41) is 19.0. The van der Waals surface area contributed by atoms with E-state index in [2.05, 4.69) is 30.1 Å². The Morgan fingerprint density at radius 1 is 1.54 bits per heavy atom. The van der Waals surface area contributed by atoms with Crippen molar-refractivity contribution < 1.29 is 33.0 Å². The Labute approximate surface area is 156 Å². The molecule has 28 heavy (non-hydrogen) atoms. The summed E-state index contributed by atoms with van der Waals surface area (Å²) in [5.74, 6) is -1.00. The highest BCUT2D eigenvalue weighted by molar-refractivity contribution is 7.32. The van der Waals surface area contributed by atoms with E-state index in [0.29, 0.717) is 0 Å². The second-order valence-electron chi connectivity index (χ2n) is 6.26. The standard InChI is InChI=1S/C13H16FN6O7P/c1-4(2)10(22)16-13-15-9-7(11(23)17-13)18-19-20(9)12-8(27-28(24)25)6(14)5(3-21)26-12/h4-6,8,12,21H,3H2,1-2H3,(H2-,15,16,17,19,22,23,24,25)/p+1/t5-,6-,8+,12-/m1/s1. The second-order valence-corrected chi connectivity index (χ2v) is 6.95. The number of aromatic nitrogens is 5. The lowest BCUT2D eigenvalue weighted by Crippen LogP contribution is -2.31. The van der Waals surface area contributed by atoms with Gasteiger partial charge < -0.3 is 9.84 Å². The molecular formula is C13H17FN6O7P+. The lowest BCUT2D eigenvalue weighted by Gasteiger charge is -2.14. The number of alkyl halides is 1. The molecule has 3 heterocycles. The van der Waals surface area contributed by atoms with E-state index in [1.54, 1.807) is 13.8 Å². The Balaban J connectivity index is 2.04. The maximum absolute atomic E-state index is 14.4. The van der Waals surface area contributed by atoms with Gasteiger partial charge in [-0.05, 0) is 0 Å². The van der Waals surface area contributed by atoms with Crippen molar-refractivity contribution in [2.24, 2.45) is 5.92 Å². The van der Waals surface area contributed by atoms with Crippen LogP contribution in [-0.2, 0) is 18.6 Å². The zero-order chi connectivity index (χ0) is 20.6. The highest BCUT2D eigenvalue weighted by atomic mass is 31.1. The number of anilines is 1. The van der Waals surface area contributed by atoms with Gasteiger partial charge in [0.25, 0.3) is 5.56 Å². The number of rotatable bonds is 6. The maximum Gasteiger partial charge on any atom is 0.695 e. The van der Waals surface area contributed by atoms with Crippen molar-refractivity contribution in [2.45, 2.75) is 38.5 Å². The molecule has 1 unspecified atom stereocenters. The summed E-state index contributed by atoms with van der Waals surface area (Å²) < 4.78 is 36.4. The number of ether oxygens (including phenoxy) is 1. The average Bonchev–Trinajstić information content (AvgIpc) is 3.16. The summed E-state index contributed by atoms with van der Waals surface area (Å²) in [6.07, 6.45) is -6.37. The third kappa shape index (κ3) is 3.77. The van der Waals surface area contributed by atoms with E-state index >= 15 is 0 Å². The molecule has 152 valence electrons. The van der Waals surface area contributed by atoms with Gasteiger partial charge in [-0.2, -0.15) is 9.67 Å². The number of hydrogen-bond donors (Lipinski definition) is 4. The molecule has 1 amide bonds. The van der Waals surface area contributed by atoms with Crippen LogP contribution in [0.3, 0.4) is 0 Å². The number of aromatic amines is 1. The molecule has 1 saturated heterocycles. The molecule has 1 aliphatic rings. The Bertz CT molecular complexity index is 964. The van der Waals surface area contributed by atoms with E-state index in [0.717, 1.165) is 4.68 Å². The smallest absolute Gasteiger partial charge is 0.394 e. The van der Waals surface area contributed by atoms with Gasteiger partial charge in [0.1, 0.15) is 6.10 Å². The highest BCUT2D eigenvalue weighted by Gasteiger charge is 2.52. The number of carbonyl (C=O) groups is 1. The number of aliphatic hydroxyl groups excluding tert-OH is 1. The highest BCUT2D eigenvalue weighted by Crippen LogP contribution is 2.38. The monoisotopic (exact) mass is 419 g/mol. The van der Waals surface area contributed by atoms with Crippen molar-refractivity contribution in [3.63, 3.8) is 0 Å². The summed E-state index contributed by atoms with van der Waals surface area (Å²) in [4.78, 5) is 39.4. The van der Waals surface area contributed by atoms with E-state index in [4.69, 9.17) is 9.63 Å². The SMILES string of the molecule is CC(C)C(=O)Nc1nc2c(nnn2[C@@H]2O[C@H](CO)[C@@H](F)[C@@H]2O[P+](=O)O)c(=O)[nH]1. The molecule has 0 saturated carbocycles. The summed E-state index contributed by atoms with van der Waals surface area (Å²) >= 11 is 0. The molecule has 2 aromatic rings. The maximum atomic E-state index is 14.4. The van der Waals surface area contributed by atoms with Crippen LogP contribution in [0.5, 0.6) is 0 Å². The van der Waals surface area contributed by atoms with E-state index in [9.17, 15) is 23.7 Å². The number of nitrogens with zero attached hydrogens (tertiary/aromatic N) is 4. The normalized spacial score (nSPS) is 25.4. The van der Waals surface area contributed by atoms with Crippen molar-refractivity contribution in [1.29, 1.82) is 0 Å². The molecular weight excluding hydrogens is 402 g/mol. The zero-order valence-electron chi connectivity index (χ0n) is 14.6. The third-order valence-electron chi connectivity index (χ3n) is 4.00. The number of H-pyrrole nitrogens is 1. The van der Waals surface area contributed by atoms with Crippen molar-refractivity contribution in [1.82, 2.24) is 25.0 Å². The number of hydrogen-bond acceptors (Lipinski definition) is 9. The van der Waals surface area contributed by atoms with Crippen LogP contribution in [0.2, 0.25) is 0 Å². The molecule has 15 heteroatoms. The van der Waals surface area contributed by atoms with Crippen LogP contribution >= 0.6 is 8.25 Å². The second kappa shape index (κ2) is 7.93. The number of halogens is 1. The van der Waals surface area contributed by atoms with Gasteiger partial charge in [-0.3, -0.25) is 19.9 Å². The van der Waals surface area contributed by atoms with Crippen LogP contribution in [0.4, 0.5) is 10.3 Å². The topological polar surface area (TPSA) is 182 Å². The van der Waals surface area contributed by atoms with Crippen molar-refractivity contribution in [2.75, 3.05) is 11.9 Å². The number of fused-ring (bicyclic) bond motifs is 1. The molecule has 0 aromatic carbocycles. The first-order valence-corrected chi connectivity index (χ1v) is 9.25. The molecule has 3 rings (SSSR count). The Morgan fingerprint density at radius 2 is 2.25 bits per heavy atom. The van der Waals surface area contributed by atoms with Crippen molar-refractivity contribution >= 4 is 31.3 Å². The van der Waals surface area contributed by atoms with Crippen LogP contribution in [0, 0.1) is 5.92 Å². The van der Waals surface area contributed by atoms with Crippen molar-refractivity contribution in [3.8, 4) is 0 Å². The molecule has 0 bridgehead atoms. The molecule has 2 aromatic heterocycles. The molecule has 0 radical (unpaired) electrons. The molecule has 1 fully saturated rings. The molecule has 5 atom stereocenters. The quantitative estimate of drug-likeness (QED) is 0.440. The minimum absolute atomic E-state index is 0.180. The van der Waals surface area contributed by atoms with Gasteiger partial charge in [0.15, 0.2) is 29.7 Å². The van der Waals surface area contributed by atoms with Crippen LogP contribution < -0.4 is 10.9 Å². The van der Waals surface area contributed by atoms with Gasteiger partial charge in [0, 0.05) is 10.5 Å². The fraction of sp³-hybridized carbons (Fsp3) is 0.615. The van der Waals surface area contributed by atoms with E-state index in [1.165, 1.54) is 0 Å². The largest absolute Gasteiger partial charge is 0.695 e. The Kier molecular flexibility index (Phi) is 5.76. The Morgan fingerprint density at radius 3 is 2.86 bits per heavy atom. The van der Waals surface area contributed by atoms with Crippen LogP contribution in [0.25, 0.3) is 11.2 Å². The first kappa shape index (κ1) is 20.4. The van der Waals surface area contributed by atoms with Crippen molar-refractivity contribution in [3.05, 3.63) is 10.4 Å². The fourth-order valence-corrected chi connectivity index (χ4v) is 3.02. The molecule has 13 nitrogen and oxygen atoms in total. The van der Waals surface area contributed by atoms with Crippen LogP contribution in [0.1, 0.15) is 20.1 Å². The first-order chi connectivity index (χ1) is 13.2. The summed E-state index contributed by atoms with van der Waals surface area (Å²) in [6.45, 7) is 2.55. The first-order valence-electron chi connectivity index (χ1n) is 8.12. The molecule has 0 aliphatic carbocycles. The number of amides is 1. The molecule has 4 N–H and O–H groups in total. The summed E-state index contributed by atoms with van der Waals surface area (Å²) in [7, 11) is -3.20. The molecule has 1 aliphatic heterocycles. The number of aliphatic hydroxyl groups is 1. The predicted octanol–water partition coefficient (Wildman–Crippen LogP) is -0.628. The van der Waals surface area contributed by atoms with Gasteiger partial charge in [0.2, 0.25) is 11.9 Å². The third-order valence-corrected chi connectivity index (χ3v) is 4.42. The van der Waals surface area contributed by atoms with Gasteiger partial charge in [-0.1, -0.05) is 19.1 Å². The summed E-state index contributed by atoms with van der Waals surface area (Å²) in [6, 6.07) is 0. The number of carbonyl (C=O) groups excluding carboxylic acids is 1. The minimum atomic E-state index is -3.20. The summed E-state index contributed by atoms with van der Waals surface area (Å²) in [5.41, 5.74) is -1.14. The van der Waals surface area contributed by atoms with Crippen LogP contribution in [0.15, 0.2) is 4.79 Å². The molecule has 0 spiro atoms. The van der Waals surface area contributed by atoms with Crippen LogP contribution in [-0.4, -0.2) is 65.9 Å². The van der Waals surface area contributed by atoms with Gasteiger partial charge in [-0.25, -0.2) is 4.39 Å². The van der Waals surface area contributed by atoms with Gasteiger partial charge >= 0.3 is 8.25 Å². The number of nitrogens with one attached hydrogen (secondary N) is 2. The van der Waals surface area contributed by atoms with E-state index < -0.39 is 56.9 Å². The average molecular weight is 419 g/mol. The fourth-order valence-electron chi connectivity index (χ4n) is 2.59. The minimum Gasteiger partial charge on any atom is -0.394 e. The predicted molar refractivity (Wildman–Crippen MR) is 90.0 cm³/mol. The van der Waals surface area contributed by atoms with Gasteiger partial charge in [0.05, 0.1) is 6.61 Å². The van der Waals surface area contributed by atoms with E-state index in [1.807, 2.05) is 0 Å².